The van der Waals surface area contributed by atoms with Crippen LogP contribution in [-0.2, 0) is 17.6 Å². The number of primary amides is 1. The molecule has 0 bridgehead atoms. The van der Waals surface area contributed by atoms with Gasteiger partial charge in [0.15, 0.2) is 5.69 Å². The van der Waals surface area contributed by atoms with Crippen LogP contribution in [0.1, 0.15) is 47.1 Å². The average Bonchev–Trinajstić information content (AvgIpc) is 3.43. The van der Waals surface area contributed by atoms with Crippen LogP contribution in [-0.4, -0.2) is 40.0 Å². The number of aromatic amines is 1. The van der Waals surface area contributed by atoms with Crippen LogP contribution in [0.4, 0.5) is 0 Å². The molecule has 1 atom stereocenters. The highest BCUT2D eigenvalue weighted by Gasteiger charge is 2.43. The topological polar surface area (TPSA) is 92.1 Å². The SMILES string of the molecule is CCc1[nH]nc(C(=O)N2CCC[C@](Cc3ccccc3-c3cccs3)(C(N)=O)C2)c1C. The first-order valence-corrected chi connectivity index (χ1v) is 11.6. The molecule has 1 aliphatic heterocycles. The second kappa shape index (κ2) is 8.67. The minimum atomic E-state index is -0.793. The summed E-state index contributed by atoms with van der Waals surface area (Å²) in [4.78, 5) is 28.9. The van der Waals surface area contributed by atoms with E-state index in [9.17, 15) is 9.59 Å². The molecule has 7 heteroatoms. The van der Waals surface area contributed by atoms with E-state index in [-0.39, 0.29) is 11.8 Å². The van der Waals surface area contributed by atoms with Gasteiger partial charge in [0.2, 0.25) is 5.91 Å². The van der Waals surface area contributed by atoms with Crippen LogP contribution < -0.4 is 5.73 Å². The molecule has 1 aromatic carbocycles. The highest BCUT2D eigenvalue weighted by molar-refractivity contribution is 7.13. The van der Waals surface area contributed by atoms with Crippen molar-refractivity contribution in [3.05, 3.63) is 64.3 Å². The summed E-state index contributed by atoms with van der Waals surface area (Å²) in [5, 5.41) is 9.27. The maximum Gasteiger partial charge on any atom is 0.274 e. The lowest BCUT2D eigenvalue weighted by Gasteiger charge is -2.41. The summed E-state index contributed by atoms with van der Waals surface area (Å²) >= 11 is 1.68. The van der Waals surface area contributed by atoms with Gasteiger partial charge in [-0.05, 0) is 55.2 Å². The minimum absolute atomic E-state index is 0.134. The molecule has 1 saturated heterocycles. The summed E-state index contributed by atoms with van der Waals surface area (Å²) in [5.74, 6) is -0.482. The van der Waals surface area contributed by atoms with Gasteiger partial charge in [0.05, 0.1) is 5.41 Å². The fourth-order valence-corrected chi connectivity index (χ4v) is 5.37. The van der Waals surface area contributed by atoms with Crippen molar-refractivity contribution >= 4 is 23.2 Å². The van der Waals surface area contributed by atoms with E-state index >= 15 is 0 Å². The van der Waals surface area contributed by atoms with Crippen LogP contribution in [0.15, 0.2) is 41.8 Å². The summed E-state index contributed by atoms with van der Waals surface area (Å²) in [5.41, 5.74) is 9.68. The Morgan fingerprint density at radius 2 is 2.06 bits per heavy atom. The number of hydrogen-bond donors (Lipinski definition) is 2. The number of rotatable bonds is 6. The zero-order chi connectivity index (χ0) is 22.0. The number of thiophene rings is 1. The Hall–Kier alpha value is -2.93. The van der Waals surface area contributed by atoms with Gasteiger partial charge in [0.25, 0.3) is 5.91 Å². The number of nitrogens with one attached hydrogen (secondary N) is 1. The number of piperidine rings is 1. The van der Waals surface area contributed by atoms with Gasteiger partial charge in [-0.15, -0.1) is 11.3 Å². The third-order valence-electron chi connectivity index (χ3n) is 6.39. The number of nitrogens with two attached hydrogens (primary N) is 1. The third-order valence-corrected chi connectivity index (χ3v) is 7.29. The molecule has 2 aromatic heterocycles. The summed E-state index contributed by atoms with van der Waals surface area (Å²) < 4.78 is 0. The maximum atomic E-state index is 13.3. The monoisotopic (exact) mass is 436 g/mol. The van der Waals surface area contributed by atoms with Crippen molar-refractivity contribution in [2.75, 3.05) is 13.1 Å². The van der Waals surface area contributed by atoms with Crippen molar-refractivity contribution in [1.29, 1.82) is 0 Å². The summed E-state index contributed by atoms with van der Waals surface area (Å²) in [6, 6.07) is 12.3. The van der Waals surface area contributed by atoms with E-state index in [1.165, 1.54) is 4.88 Å². The number of aryl methyl sites for hydroxylation is 1. The van der Waals surface area contributed by atoms with Gasteiger partial charge in [-0.1, -0.05) is 37.3 Å². The Labute approximate surface area is 186 Å². The number of carbonyl (C=O) groups excluding carboxylic acids is 2. The molecule has 0 saturated carbocycles. The molecule has 31 heavy (non-hydrogen) atoms. The summed E-state index contributed by atoms with van der Waals surface area (Å²) in [6.45, 7) is 4.86. The smallest absolute Gasteiger partial charge is 0.274 e. The quantitative estimate of drug-likeness (QED) is 0.613. The standard InChI is InChI=1S/C24H28N4O2S/c1-3-19-16(2)21(27-26-19)22(29)28-12-7-11-24(15-28,23(25)30)14-17-8-4-5-9-18(17)20-10-6-13-31-20/h4-6,8-10,13H,3,7,11-12,14-15H2,1-2H3,(H2,25,30)(H,26,27)/t24-/m1/s1. The summed E-state index contributed by atoms with van der Waals surface area (Å²) in [6.07, 6.45) is 2.71. The molecule has 3 heterocycles. The molecule has 3 N–H and O–H groups in total. The molecule has 2 amide bonds. The Kier molecular flexibility index (Phi) is 5.96. The number of amides is 2. The summed E-state index contributed by atoms with van der Waals surface area (Å²) in [7, 11) is 0. The molecule has 4 rings (SSSR count). The molecule has 162 valence electrons. The predicted molar refractivity (Wildman–Crippen MR) is 123 cm³/mol. The molecule has 0 aliphatic carbocycles. The zero-order valence-corrected chi connectivity index (χ0v) is 18.8. The Balaban J connectivity index is 1.64. The van der Waals surface area contributed by atoms with E-state index in [0.29, 0.717) is 31.6 Å². The average molecular weight is 437 g/mol. The highest BCUT2D eigenvalue weighted by atomic mass is 32.1. The normalized spacial score (nSPS) is 18.8. The first-order chi connectivity index (χ1) is 14.9. The number of H-pyrrole nitrogens is 1. The van der Waals surface area contributed by atoms with Crippen LogP contribution in [0.2, 0.25) is 0 Å². The van der Waals surface area contributed by atoms with Crippen molar-refractivity contribution in [3.8, 4) is 10.4 Å². The van der Waals surface area contributed by atoms with E-state index < -0.39 is 5.41 Å². The number of benzene rings is 1. The number of hydrogen-bond acceptors (Lipinski definition) is 4. The Bertz CT molecular complexity index is 1090. The Morgan fingerprint density at radius 1 is 1.26 bits per heavy atom. The Morgan fingerprint density at radius 3 is 2.74 bits per heavy atom. The van der Waals surface area contributed by atoms with Crippen molar-refractivity contribution in [3.63, 3.8) is 0 Å². The van der Waals surface area contributed by atoms with Gasteiger partial charge >= 0.3 is 0 Å². The lowest BCUT2D eigenvalue weighted by molar-refractivity contribution is -0.130. The lowest BCUT2D eigenvalue weighted by atomic mass is 9.73. The molecule has 0 spiro atoms. The fourth-order valence-electron chi connectivity index (χ4n) is 4.59. The highest BCUT2D eigenvalue weighted by Crippen LogP contribution is 2.38. The van der Waals surface area contributed by atoms with Crippen LogP contribution >= 0.6 is 11.3 Å². The van der Waals surface area contributed by atoms with Gasteiger partial charge < -0.3 is 10.6 Å². The second-order valence-corrected chi connectivity index (χ2v) is 9.26. The molecule has 0 radical (unpaired) electrons. The molecular formula is C24H28N4O2S. The van der Waals surface area contributed by atoms with Gasteiger partial charge in [0.1, 0.15) is 0 Å². The zero-order valence-electron chi connectivity index (χ0n) is 18.0. The molecular weight excluding hydrogens is 408 g/mol. The van der Waals surface area contributed by atoms with E-state index in [1.807, 2.05) is 37.4 Å². The van der Waals surface area contributed by atoms with Crippen LogP contribution in [0.5, 0.6) is 0 Å². The number of nitrogens with zero attached hydrogens (tertiary/aromatic N) is 2. The van der Waals surface area contributed by atoms with Crippen molar-refractivity contribution in [1.82, 2.24) is 15.1 Å². The van der Waals surface area contributed by atoms with Crippen molar-refractivity contribution < 1.29 is 9.59 Å². The minimum Gasteiger partial charge on any atom is -0.369 e. The molecule has 3 aromatic rings. The van der Waals surface area contributed by atoms with Gasteiger partial charge in [0, 0.05) is 29.2 Å². The van der Waals surface area contributed by atoms with Crippen LogP contribution in [0, 0.1) is 12.3 Å². The van der Waals surface area contributed by atoms with Gasteiger partial charge in [-0.25, -0.2) is 0 Å². The van der Waals surface area contributed by atoms with Gasteiger partial charge in [-0.2, -0.15) is 5.10 Å². The van der Waals surface area contributed by atoms with Crippen molar-refractivity contribution in [2.24, 2.45) is 11.1 Å². The second-order valence-electron chi connectivity index (χ2n) is 8.32. The third kappa shape index (κ3) is 4.02. The molecule has 1 fully saturated rings. The van der Waals surface area contributed by atoms with Crippen LogP contribution in [0.25, 0.3) is 10.4 Å². The number of likely N-dealkylation sites (tertiary alicyclic amines) is 1. The number of carbonyl (C=O) groups is 2. The largest absolute Gasteiger partial charge is 0.369 e. The first-order valence-electron chi connectivity index (χ1n) is 10.7. The van der Waals surface area contributed by atoms with Crippen molar-refractivity contribution in [2.45, 2.75) is 39.5 Å². The lowest BCUT2D eigenvalue weighted by Crippen LogP contribution is -2.53. The van der Waals surface area contributed by atoms with E-state index in [2.05, 4.69) is 28.4 Å². The first kappa shape index (κ1) is 21.3. The fraction of sp³-hybridized carbons (Fsp3) is 0.375. The van der Waals surface area contributed by atoms with E-state index in [1.54, 1.807) is 16.2 Å². The van der Waals surface area contributed by atoms with E-state index in [0.717, 1.165) is 35.2 Å². The van der Waals surface area contributed by atoms with Gasteiger partial charge in [-0.3, -0.25) is 14.7 Å². The maximum absolute atomic E-state index is 13.3. The predicted octanol–water partition coefficient (Wildman–Crippen LogP) is 3.96. The molecule has 0 unspecified atom stereocenters. The van der Waals surface area contributed by atoms with Crippen LogP contribution in [0.3, 0.4) is 0 Å². The number of aromatic nitrogens is 2. The van der Waals surface area contributed by atoms with E-state index in [4.69, 9.17) is 5.73 Å². The molecule has 1 aliphatic rings. The molecule has 6 nitrogen and oxygen atoms in total.